The predicted molar refractivity (Wildman–Crippen MR) is 110 cm³/mol. The van der Waals surface area contributed by atoms with Gasteiger partial charge in [-0.15, -0.1) is 5.10 Å². The van der Waals surface area contributed by atoms with Gasteiger partial charge in [-0.3, -0.25) is 24.9 Å². The summed E-state index contributed by atoms with van der Waals surface area (Å²) < 4.78 is 8.34. The molecule has 0 spiro atoms. The van der Waals surface area contributed by atoms with E-state index in [9.17, 15) is 14.9 Å². The number of rotatable bonds is 7. The number of amides is 1. The van der Waals surface area contributed by atoms with Crippen LogP contribution in [0, 0.1) is 10.1 Å². The van der Waals surface area contributed by atoms with Crippen molar-refractivity contribution >= 4 is 40.7 Å². The Labute approximate surface area is 184 Å². The van der Waals surface area contributed by atoms with Crippen molar-refractivity contribution in [2.75, 3.05) is 5.32 Å². The first-order chi connectivity index (χ1) is 14.9. The molecule has 0 radical (unpaired) electrons. The van der Waals surface area contributed by atoms with E-state index in [-0.39, 0.29) is 23.9 Å². The topological polar surface area (TPSA) is 134 Å². The third-order valence-corrected chi connectivity index (χ3v) is 4.73. The lowest BCUT2D eigenvalue weighted by atomic mass is 10.2. The SMILES string of the molecule is O=C(Nc1ncn(Cc2ccc(Cl)cc2Cl)n1)c1ccc(Cn2cc([N+](=O)[O-])cn2)o1. The highest BCUT2D eigenvalue weighted by Crippen LogP contribution is 2.21. The molecular weight excluding hydrogens is 449 g/mol. The Hall–Kier alpha value is -3.70. The summed E-state index contributed by atoms with van der Waals surface area (Å²) in [4.78, 5) is 26.6. The lowest BCUT2D eigenvalue weighted by Gasteiger charge is -2.04. The van der Waals surface area contributed by atoms with Crippen LogP contribution in [-0.4, -0.2) is 35.4 Å². The number of anilines is 1. The van der Waals surface area contributed by atoms with Crippen molar-refractivity contribution in [2.45, 2.75) is 13.1 Å². The molecule has 0 aliphatic heterocycles. The molecule has 4 rings (SSSR count). The molecule has 3 heterocycles. The number of nitrogens with one attached hydrogen (secondary N) is 1. The number of hydrogen-bond acceptors (Lipinski definition) is 7. The number of aromatic nitrogens is 5. The van der Waals surface area contributed by atoms with Crippen LogP contribution in [0.5, 0.6) is 0 Å². The Morgan fingerprint density at radius 1 is 1.19 bits per heavy atom. The van der Waals surface area contributed by atoms with Gasteiger partial charge in [0.25, 0.3) is 5.91 Å². The van der Waals surface area contributed by atoms with E-state index in [0.717, 1.165) is 11.8 Å². The highest BCUT2D eigenvalue weighted by atomic mass is 35.5. The highest BCUT2D eigenvalue weighted by molar-refractivity contribution is 6.35. The van der Waals surface area contributed by atoms with E-state index in [1.54, 1.807) is 24.3 Å². The minimum atomic E-state index is -0.544. The summed E-state index contributed by atoms with van der Waals surface area (Å²) in [5.41, 5.74) is 0.662. The molecule has 3 aromatic heterocycles. The van der Waals surface area contributed by atoms with E-state index < -0.39 is 10.8 Å². The van der Waals surface area contributed by atoms with Crippen molar-refractivity contribution in [3.8, 4) is 0 Å². The fourth-order valence-electron chi connectivity index (χ4n) is 2.69. The van der Waals surface area contributed by atoms with Crippen molar-refractivity contribution in [3.05, 3.63) is 86.3 Å². The quantitative estimate of drug-likeness (QED) is 0.327. The zero-order valence-corrected chi connectivity index (χ0v) is 17.1. The van der Waals surface area contributed by atoms with E-state index in [1.165, 1.54) is 28.0 Å². The molecule has 13 heteroatoms. The lowest BCUT2D eigenvalue weighted by molar-refractivity contribution is -0.385. The highest BCUT2D eigenvalue weighted by Gasteiger charge is 2.15. The third kappa shape index (κ3) is 4.90. The molecule has 1 aromatic carbocycles. The number of nitro groups is 1. The Kier molecular flexibility index (Phi) is 5.69. The summed E-state index contributed by atoms with van der Waals surface area (Å²) >= 11 is 12.1. The van der Waals surface area contributed by atoms with Gasteiger partial charge in [-0.1, -0.05) is 29.3 Å². The average Bonchev–Trinajstić information content (AvgIpc) is 3.46. The molecule has 4 aromatic rings. The van der Waals surface area contributed by atoms with Gasteiger partial charge in [-0.2, -0.15) is 5.10 Å². The van der Waals surface area contributed by atoms with E-state index in [2.05, 4.69) is 20.5 Å². The third-order valence-electron chi connectivity index (χ3n) is 4.14. The van der Waals surface area contributed by atoms with Crippen molar-refractivity contribution in [1.82, 2.24) is 24.5 Å². The summed E-state index contributed by atoms with van der Waals surface area (Å²) in [5.74, 6) is -0.0107. The Bertz CT molecular complexity index is 1260. The van der Waals surface area contributed by atoms with Gasteiger partial charge in [-0.05, 0) is 29.8 Å². The molecule has 0 bridgehead atoms. The number of hydrogen-bond donors (Lipinski definition) is 1. The van der Waals surface area contributed by atoms with Crippen molar-refractivity contribution in [3.63, 3.8) is 0 Å². The number of furan rings is 1. The van der Waals surface area contributed by atoms with Crippen LogP contribution >= 0.6 is 23.2 Å². The van der Waals surface area contributed by atoms with Crippen molar-refractivity contribution in [1.29, 1.82) is 0 Å². The fraction of sp³-hybridized carbons (Fsp3) is 0.111. The smallest absolute Gasteiger partial charge is 0.307 e. The predicted octanol–water partition coefficient (Wildman–Crippen LogP) is 3.63. The summed E-state index contributed by atoms with van der Waals surface area (Å²) in [6.45, 7) is 0.482. The first-order valence-corrected chi connectivity index (χ1v) is 9.53. The maximum Gasteiger partial charge on any atom is 0.307 e. The van der Waals surface area contributed by atoms with Crippen molar-refractivity contribution in [2.24, 2.45) is 0 Å². The van der Waals surface area contributed by atoms with E-state index in [4.69, 9.17) is 27.6 Å². The summed E-state index contributed by atoms with van der Waals surface area (Å²) in [5, 5.41) is 22.4. The van der Waals surface area contributed by atoms with E-state index in [1.807, 2.05) is 0 Å². The number of benzene rings is 1. The van der Waals surface area contributed by atoms with Gasteiger partial charge < -0.3 is 4.42 Å². The normalized spacial score (nSPS) is 10.9. The Morgan fingerprint density at radius 3 is 2.77 bits per heavy atom. The second-order valence-corrected chi connectivity index (χ2v) is 7.22. The molecule has 0 atom stereocenters. The van der Waals surface area contributed by atoms with Gasteiger partial charge in [-0.25, -0.2) is 9.67 Å². The van der Waals surface area contributed by atoms with Gasteiger partial charge in [0.05, 0.1) is 18.0 Å². The van der Waals surface area contributed by atoms with Crippen LogP contribution < -0.4 is 5.32 Å². The second kappa shape index (κ2) is 8.58. The molecule has 1 amide bonds. The van der Waals surface area contributed by atoms with E-state index in [0.29, 0.717) is 22.4 Å². The second-order valence-electron chi connectivity index (χ2n) is 6.37. The largest absolute Gasteiger partial charge is 0.454 e. The minimum Gasteiger partial charge on any atom is -0.454 e. The fourth-order valence-corrected chi connectivity index (χ4v) is 3.16. The standard InChI is InChI=1S/C18H13Cl2N7O4/c19-12-2-1-11(15(20)5-12)7-26-10-21-18(24-26)23-17(28)16-4-3-14(31-16)9-25-8-13(6-22-25)27(29)30/h1-6,8,10H,7,9H2,(H,23,24,28). The maximum absolute atomic E-state index is 12.4. The van der Waals surface area contributed by atoms with Crippen LogP contribution in [-0.2, 0) is 13.1 Å². The number of carbonyl (C=O) groups excluding carboxylic acids is 1. The molecule has 11 nitrogen and oxygen atoms in total. The monoisotopic (exact) mass is 461 g/mol. The molecule has 0 fully saturated rings. The van der Waals surface area contributed by atoms with Crippen LogP contribution in [0.25, 0.3) is 0 Å². The van der Waals surface area contributed by atoms with E-state index >= 15 is 0 Å². The van der Waals surface area contributed by atoms with Crippen LogP contribution in [0.15, 0.2) is 53.5 Å². The van der Waals surface area contributed by atoms with Gasteiger partial charge in [0.15, 0.2) is 5.76 Å². The molecule has 31 heavy (non-hydrogen) atoms. The zero-order valence-electron chi connectivity index (χ0n) is 15.6. The number of carbonyl (C=O) groups is 1. The molecule has 0 aliphatic carbocycles. The molecule has 0 aliphatic rings. The average molecular weight is 462 g/mol. The summed E-state index contributed by atoms with van der Waals surface area (Å²) in [6.07, 6.45) is 3.86. The molecule has 158 valence electrons. The summed E-state index contributed by atoms with van der Waals surface area (Å²) in [6, 6.07) is 8.19. The number of halogens is 2. The Morgan fingerprint density at radius 2 is 2.03 bits per heavy atom. The van der Waals surface area contributed by atoms with Gasteiger partial charge in [0, 0.05) is 10.0 Å². The van der Waals surface area contributed by atoms with Gasteiger partial charge in [0.1, 0.15) is 24.5 Å². The zero-order chi connectivity index (χ0) is 22.0. The minimum absolute atomic E-state index is 0.0359. The Balaban J connectivity index is 1.38. The van der Waals surface area contributed by atoms with Crippen LogP contribution in [0.3, 0.4) is 0 Å². The molecule has 0 unspecified atom stereocenters. The van der Waals surface area contributed by atoms with Crippen molar-refractivity contribution < 1.29 is 14.1 Å². The maximum atomic E-state index is 12.4. The summed E-state index contributed by atoms with van der Waals surface area (Å²) in [7, 11) is 0. The first-order valence-electron chi connectivity index (χ1n) is 8.77. The lowest BCUT2D eigenvalue weighted by Crippen LogP contribution is -2.12. The molecular formula is C18H13Cl2N7O4. The number of nitrogens with zero attached hydrogens (tertiary/aromatic N) is 6. The van der Waals surface area contributed by atoms with Crippen LogP contribution in [0.2, 0.25) is 10.0 Å². The van der Waals surface area contributed by atoms with Gasteiger partial charge >= 0.3 is 5.69 Å². The molecule has 1 N–H and O–H groups in total. The molecule has 0 saturated carbocycles. The first kappa shape index (κ1) is 20.6. The van der Waals surface area contributed by atoms with Gasteiger partial charge in [0.2, 0.25) is 5.95 Å². The van der Waals surface area contributed by atoms with Crippen LogP contribution in [0.1, 0.15) is 21.9 Å². The van der Waals surface area contributed by atoms with Crippen LogP contribution in [0.4, 0.5) is 11.6 Å². The molecule has 0 saturated heterocycles.